The second-order valence-corrected chi connectivity index (χ2v) is 7.26. The van der Waals surface area contributed by atoms with E-state index in [2.05, 4.69) is 0 Å². The normalized spacial score (nSPS) is 16.6. The van der Waals surface area contributed by atoms with E-state index in [1.807, 2.05) is 61.5 Å². The van der Waals surface area contributed by atoms with Crippen LogP contribution in [0.3, 0.4) is 0 Å². The van der Waals surface area contributed by atoms with E-state index < -0.39 is 0 Å². The number of carbonyl (C=O) groups is 1. The molecule has 2 aromatic carbocycles. The first-order valence-corrected chi connectivity index (χ1v) is 9.52. The molecule has 25 heavy (non-hydrogen) atoms. The van der Waals surface area contributed by atoms with Gasteiger partial charge >= 0.3 is 0 Å². The Hall–Kier alpha value is -2.04. The molecule has 3 nitrogen and oxygen atoms in total. The molecule has 0 aliphatic carbocycles. The Balaban J connectivity index is 1.79. The van der Waals surface area contributed by atoms with Crippen LogP contribution in [0.1, 0.15) is 17.5 Å². The van der Waals surface area contributed by atoms with Crippen molar-refractivity contribution in [3.05, 3.63) is 70.8 Å². The second-order valence-electron chi connectivity index (χ2n) is 5.76. The van der Waals surface area contributed by atoms with E-state index >= 15 is 0 Å². The molecule has 1 amide bonds. The van der Waals surface area contributed by atoms with E-state index in [4.69, 9.17) is 16.6 Å². The average molecular weight is 371 g/mol. The summed E-state index contributed by atoms with van der Waals surface area (Å²) in [4.78, 5) is 19.1. The number of para-hydroxylation sites is 1. The quantitative estimate of drug-likeness (QED) is 0.685. The zero-order chi connectivity index (χ0) is 17.6. The minimum absolute atomic E-state index is 0.0468. The Morgan fingerprint density at radius 3 is 2.72 bits per heavy atom. The van der Waals surface area contributed by atoms with Crippen molar-refractivity contribution in [2.24, 2.45) is 4.99 Å². The number of hydrogen-bond acceptors (Lipinski definition) is 3. The molecule has 0 N–H and O–H groups in total. The first-order valence-electron chi connectivity index (χ1n) is 8.16. The molecule has 0 spiro atoms. The first kappa shape index (κ1) is 17.8. The van der Waals surface area contributed by atoms with E-state index in [-0.39, 0.29) is 5.91 Å². The number of rotatable bonds is 3. The summed E-state index contributed by atoms with van der Waals surface area (Å²) in [5.41, 5.74) is 2.96. The maximum atomic E-state index is 12.6. The highest BCUT2D eigenvalue weighted by molar-refractivity contribution is 8.13. The van der Waals surface area contributed by atoms with Gasteiger partial charge in [0.1, 0.15) is 0 Å². The molecular formula is C20H19ClN2OS. The molecule has 1 aliphatic rings. The lowest BCUT2D eigenvalue weighted by Crippen LogP contribution is -2.38. The number of thioether (sulfide) groups is 1. The molecule has 0 radical (unpaired) electrons. The van der Waals surface area contributed by atoms with Crippen molar-refractivity contribution in [1.29, 1.82) is 0 Å². The van der Waals surface area contributed by atoms with Gasteiger partial charge in [-0.2, -0.15) is 0 Å². The van der Waals surface area contributed by atoms with Crippen LogP contribution < -0.4 is 0 Å². The van der Waals surface area contributed by atoms with Gasteiger partial charge in [0.05, 0.1) is 5.69 Å². The SMILES string of the molecule is Cc1ccccc1N=C1SCCCN1C(=O)/C=C/c1ccc(Cl)cc1. The number of aryl methyl sites for hydroxylation is 1. The molecule has 1 heterocycles. The van der Waals surface area contributed by atoms with Crippen LogP contribution in [0.2, 0.25) is 5.02 Å². The highest BCUT2D eigenvalue weighted by Gasteiger charge is 2.22. The van der Waals surface area contributed by atoms with Gasteiger partial charge in [-0.1, -0.05) is 53.7 Å². The Morgan fingerprint density at radius 1 is 1.20 bits per heavy atom. The van der Waals surface area contributed by atoms with Crippen LogP contribution in [0.5, 0.6) is 0 Å². The summed E-state index contributed by atoms with van der Waals surface area (Å²) in [5.74, 6) is 0.935. The highest BCUT2D eigenvalue weighted by atomic mass is 35.5. The fraction of sp³-hybridized carbons (Fsp3) is 0.200. The molecule has 5 heteroatoms. The molecule has 1 fully saturated rings. The van der Waals surface area contributed by atoms with Crippen LogP contribution in [-0.2, 0) is 4.79 Å². The van der Waals surface area contributed by atoms with Crippen LogP contribution in [0.4, 0.5) is 5.69 Å². The first-order chi connectivity index (χ1) is 12.1. The van der Waals surface area contributed by atoms with Crippen LogP contribution in [0, 0.1) is 6.92 Å². The summed E-state index contributed by atoms with van der Waals surface area (Å²) in [6.07, 6.45) is 4.38. The molecule has 3 rings (SSSR count). The molecule has 2 aromatic rings. The summed E-state index contributed by atoms with van der Waals surface area (Å²) in [5, 5.41) is 1.45. The Kier molecular flexibility index (Phi) is 5.95. The van der Waals surface area contributed by atoms with Gasteiger partial charge in [0.15, 0.2) is 5.17 Å². The van der Waals surface area contributed by atoms with E-state index in [0.717, 1.165) is 34.2 Å². The van der Waals surface area contributed by atoms with E-state index in [1.54, 1.807) is 22.7 Å². The standard InChI is InChI=1S/C20H19ClN2OS/c1-15-5-2-3-6-18(15)22-20-23(13-4-14-25-20)19(24)12-9-16-7-10-17(21)11-8-16/h2-3,5-12H,4,13-14H2,1H3/b12-9+,22-20?. The minimum Gasteiger partial charge on any atom is -0.288 e. The molecule has 0 atom stereocenters. The van der Waals surface area contributed by atoms with Gasteiger partial charge in [-0.25, -0.2) is 4.99 Å². The van der Waals surface area contributed by atoms with Crippen molar-refractivity contribution in [2.45, 2.75) is 13.3 Å². The lowest BCUT2D eigenvalue weighted by molar-refractivity contribution is -0.122. The number of halogens is 1. The van der Waals surface area contributed by atoms with Crippen molar-refractivity contribution >= 4 is 46.2 Å². The Bertz CT molecular complexity index is 815. The third-order valence-electron chi connectivity index (χ3n) is 3.87. The fourth-order valence-electron chi connectivity index (χ4n) is 2.48. The van der Waals surface area contributed by atoms with E-state index in [0.29, 0.717) is 11.6 Å². The largest absolute Gasteiger partial charge is 0.288 e. The molecule has 0 unspecified atom stereocenters. The minimum atomic E-state index is -0.0468. The predicted octanol–water partition coefficient (Wildman–Crippen LogP) is 5.31. The maximum absolute atomic E-state index is 12.6. The van der Waals surface area contributed by atoms with Crippen LogP contribution in [0.25, 0.3) is 6.08 Å². The molecule has 0 aromatic heterocycles. The maximum Gasteiger partial charge on any atom is 0.252 e. The van der Waals surface area contributed by atoms with Crippen molar-refractivity contribution < 1.29 is 4.79 Å². The van der Waals surface area contributed by atoms with Gasteiger partial charge in [0.25, 0.3) is 5.91 Å². The van der Waals surface area contributed by atoms with Gasteiger partial charge in [0, 0.05) is 23.4 Å². The number of nitrogens with zero attached hydrogens (tertiary/aromatic N) is 2. The van der Waals surface area contributed by atoms with Gasteiger partial charge < -0.3 is 0 Å². The number of benzene rings is 2. The number of amides is 1. The van der Waals surface area contributed by atoms with Gasteiger partial charge in [-0.15, -0.1) is 0 Å². The molecule has 1 saturated heterocycles. The summed E-state index contributed by atoms with van der Waals surface area (Å²) < 4.78 is 0. The van der Waals surface area contributed by atoms with Crippen molar-refractivity contribution in [3.63, 3.8) is 0 Å². The van der Waals surface area contributed by atoms with E-state index in [1.165, 1.54) is 0 Å². The smallest absolute Gasteiger partial charge is 0.252 e. The summed E-state index contributed by atoms with van der Waals surface area (Å²) in [6, 6.07) is 15.4. The number of aliphatic imine (C=N–C) groups is 1. The number of carbonyl (C=O) groups excluding carboxylic acids is 1. The molecular weight excluding hydrogens is 352 g/mol. The zero-order valence-electron chi connectivity index (χ0n) is 14.0. The zero-order valence-corrected chi connectivity index (χ0v) is 15.6. The summed E-state index contributed by atoms with van der Waals surface area (Å²) in [7, 11) is 0. The third-order valence-corrected chi connectivity index (χ3v) is 5.19. The monoisotopic (exact) mass is 370 g/mol. The Morgan fingerprint density at radius 2 is 1.96 bits per heavy atom. The van der Waals surface area contributed by atoms with Gasteiger partial charge in [-0.3, -0.25) is 9.69 Å². The Labute approximate surface area is 157 Å². The van der Waals surface area contributed by atoms with Crippen LogP contribution in [0.15, 0.2) is 59.6 Å². The predicted molar refractivity (Wildman–Crippen MR) is 108 cm³/mol. The fourth-order valence-corrected chi connectivity index (χ4v) is 3.56. The molecule has 0 saturated carbocycles. The van der Waals surface area contributed by atoms with Gasteiger partial charge in [0.2, 0.25) is 0 Å². The summed E-state index contributed by atoms with van der Waals surface area (Å²) in [6.45, 7) is 2.72. The summed E-state index contributed by atoms with van der Waals surface area (Å²) >= 11 is 7.52. The van der Waals surface area contributed by atoms with Crippen molar-refractivity contribution in [2.75, 3.05) is 12.3 Å². The van der Waals surface area contributed by atoms with Crippen LogP contribution in [-0.4, -0.2) is 28.3 Å². The van der Waals surface area contributed by atoms with E-state index in [9.17, 15) is 4.79 Å². The highest BCUT2D eigenvalue weighted by Crippen LogP contribution is 2.25. The third kappa shape index (κ3) is 4.74. The molecule has 1 aliphatic heterocycles. The number of hydrogen-bond donors (Lipinski definition) is 0. The topological polar surface area (TPSA) is 32.7 Å². The van der Waals surface area contributed by atoms with Crippen molar-refractivity contribution in [3.8, 4) is 0 Å². The second kappa shape index (κ2) is 8.37. The number of amidine groups is 1. The lowest BCUT2D eigenvalue weighted by Gasteiger charge is -2.26. The lowest BCUT2D eigenvalue weighted by atomic mass is 10.2. The van der Waals surface area contributed by atoms with Crippen LogP contribution >= 0.6 is 23.4 Å². The molecule has 0 bridgehead atoms. The van der Waals surface area contributed by atoms with Gasteiger partial charge in [-0.05, 0) is 48.7 Å². The van der Waals surface area contributed by atoms with Crippen molar-refractivity contribution in [1.82, 2.24) is 4.90 Å². The average Bonchev–Trinajstić information content (AvgIpc) is 2.63. The molecule has 128 valence electrons.